The van der Waals surface area contributed by atoms with Gasteiger partial charge in [0, 0.05) is 30.2 Å². The van der Waals surface area contributed by atoms with E-state index in [0.29, 0.717) is 5.92 Å². The Kier molecular flexibility index (Phi) is 5.72. The first kappa shape index (κ1) is 19.7. The highest BCUT2D eigenvalue weighted by Gasteiger charge is 2.24. The minimum atomic E-state index is 0. The van der Waals surface area contributed by atoms with Gasteiger partial charge >= 0.3 is 0 Å². The molecule has 1 fully saturated rings. The molecule has 29 heavy (non-hydrogen) atoms. The molecule has 1 aliphatic rings. The second-order valence-electron chi connectivity index (χ2n) is 7.56. The number of rotatable bonds is 5. The van der Waals surface area contributed by atoms with Gasteiger partial charge in [0.15, 0.2) is 5.76 Å². The Morgan fingerprint density at radius 3 is 2.62 bits per heavy atom. The number of benzene rings is 2. The highest BCUT2D eigenvalue weighted by Crippen LogP contribution is 2.31. The van der Waals surface area contributed by atoms with Crippen molar-refractivity contribution in [2.24, 2.45) is 11.7 Å². The molecule has 0 amide bonds. The molecular formula is C23H25ClN4O. The molecule has 1 saturated heterocycles. The fraction of sp³-hybridized carbons (Fsp3) is 0.261. The third-order valence-corrected chi connectivity index (χ3v) is 5.57. The number of nitrogens with two attached hydrogens (primary N) is 1. The van der Waals surface area contributed by atoms with Crippen LogP contribution in [0.4, 0.5) is 0 Å². The fourth-order valence-electron chi connectivity index (χ4n) is 4.03. The van der Waals surface area contributed by atoms with Gasteiger partial charge in [-0.2, -0.15) is 5.10 Å². The Morgan fingerprint density at radius 2 is 1.86 bits per heavy atom. The van der Waals surface area contributed by atoms with Crippen molar-refractivity contribution in [3.63, 3.8) is 0 Å². The van der Waals surface area contributed by atoms with Crippen LogP contribution in [-0.2, 0) is 6.54 Å². The van der Waals surface area contributed by atoms with Gasteiger partial charge in [0.1, 0.15) is 11.3 Å². The Labute approximate surface area is 176 Å². The fourth-order valence-corrected chi connectivity index (χ4v) is 4.03. The number of aromatic nitrogens is 2. The van der Waals surface area contributed by atoms with Crippen LogP contribution in [0.2, 0.25) is 0 Å². The molecular weight excluding hydrogens is 384 g/mol. The monoisotopic (exact) mass is 408 g/mol. The van der Waals surface area contributed by atoms with Crippen LogP contribution >= 0.6 is 12.4 Å². The third kappa shape index (κ3) is 3.94. The molecule has 0 spiro atoms. The zero-order valence-electron chi connectivity index (χ0n) is 16.2. The number of para-hydroxylation sites is 2. The molecule has 1 aliphatic heterocycles. The number of nitrogens with zero attached hydrogens (tertiary/aromatic N) is 3. The summed E-state index contributed by atoms with van der Waals surface area (Å²) in [6.07, 6.45) is 3.30. The summed E-state index contributed by atoms with van der Waals surface area (Å²) in [6.45, 7) is 3.75. The SMILES string of the molecule is Cl.NCC1CCN(Cc2cn(-c3ccccc3)nc2-c2cc3ccccc3o2)C1. The molecule has 2 N–H and O–H groups in total. The lowest BCUT2D eigenvalue weighted by molar-refractivity contribution is 0.318. The summed E-state index contributed by atoms with van der Waals surface area (Å²) >= 11 is 0. The number of fused-ring (bicyclic) bond motifs is 1. The summed E-state index contributed by atoms with van der Waals surface area (Å²) in [7, 11) is 0. The van der Waals surface area contributed by atoms with Crippen molar-refractivity contribution in [3.8, 4) is 17.1 Å². The lowest BCUT2D eigenvalue weighted by Crippen LogP contribution is -2.22. The second kappa shape index (κ2) is 8.41. The quantitative estimate of drug-likeness (QED) is 0.528. The summed E-state index contributed by atoms with van der Waals surface area (Å²) in [4.78, 5) is 2.47. The number of halogens is 1. The standard InChI is InChI=1S/C23H24N4O.ClH/c24-13-17-10-11-26(14-17)15-19-16-27(20-7-2-1-3-8-20)25-23(19)22-12-18-6-4-5-9-21(18)28-22;/h1-9,12,16-17H,10-11,13-15,24H2;1H. The van der Waals surface area contributed by atoms with Crippen LogP contribution in [0.5, 0.6) is 0 Å². The molecule has 0 bridgehead atoms. The van der Waals surface area contributed by atoms with Crippen molar-refractivity contribution in [2.75, 3.05) is 19.6 Å². The zero-order valence-corrected chi connectivity index (χ0v) is 17.0. The van der Waals surface area contributed by atoms with E-state index in [2.05, 4.69) is 35.4 Å². The van der Waals surface area contributed by atoms with Crippen molar-refractivity contribution in [3.05, 3.63) is 72.4 Å². The lowest BCUT2D eigenvalue weighted by Gasteiger charge is -2.15. The third-order valence-electron chi connectivity index (χ3n) is 5.57. The predicted octanol–water partition coefficient (Wildman–Crippen LogP) is 4.49. The largest absolute Gasteiger partial charge is 0.454 e. The van der Waals surface area contributed by atoms with Gasteiger partial charge in [-0.25, -0.2) is 4.68 Å². The highest BCUT2D eigenvalue weighted by atomic mass is 35.5. The smallest absolute Gasteiger partial charge is 0.156 e. The molecule has 0 radical (unpaired) electrons. The van der Waals surface area contributed by atoms with Crippen LogP contribution in [0.15, 0.2) is 71.3 Å². The average Bonchev–Trinajstić information content (AvgIpc) is 3.46. The maximum atomic E-state index is 6.14. The van der Waals surface area contributed by atoms with Crippen molar-refractivity contribution in [1.82, 2.24) is 14.7 Å². The number of furan rings is 1. The predicted molar refractivity (Wildman–Crippen MR) is 118 cm³/mol. The van der Waals surface area contributed by atoms with Gasteiger partial charge < -0.3 is 10.2 Å². The van der Waals surface area contributed by atoms with Crippen LogP contribution in [0.25, 0.3) is 28.1 Å². The topological polar surface area (TPSA) is 60.2 Å². The van der Waals surface area contributed by atoms with Gasteiger partial charge in [-0.15, -0.1) is 12.4 Å². The molecule has 1 unspecified atom stereocenters. The van der Waals surface area contributed by atoms with E-state index in [0.717, 1.165) is 54.3 Å². The minimum Gasteiger partial charge on any atom is -0.454 e. The minimum absolute atomic E-state index is 0. The summed E-state index contributed by atoms with van der Waals surface area (Å²) < 4.78 is 8.09. The van der Waals surface area contributed by atoms with E-state index in [-0.39, 0.29) is 12.4 Å². The van der Waals surface area contributed by atoms with E-state index in [9.17, 15) is 0 Å². The Balaban J connectivity index is 0.00000205. The summed E-state index contributed by atoms with van der Waals surface area (Å²) in [6, 6.07) is 20.4. The molecule has 5 nitrogen and oxygen atoms in total. The van der Waals surface area contributed by atoms with E-state index < -0.39 is 0 Å². The van der Waals surface area contributed by atoms with Gasteiger partial charge in [-0.05, 0) is 49.7 Å². The molecule has 4 aromatic rings. The normalized spacial score (nSPS) is 16.9. The molecule has 0 saturated carbocycles. The highest BCUT2D eigenvalue weighted by molar-refractivity contribution is 5.85. The number of likely N-dealkylation sites (tertiary alicyclic amines) is 1. The lowest BCUT2D eigenvalue weighted by atomic mass is 10.1. The molecule has 3 heterocycles. The number of hydrogen-bond donors (Lipinski definition) is 1. The van der Waals surface area contributed by atoms with Crippen molar-refractivity contribution >= 4 is 23.4 Å². The van der Waals surface area contributed by atoms with Crippen LogP contribution in [0, 0.1) is 5.92 Å². The molecule has 5 rings (SSSR count). The van der Waals surface area contributed by atoms with E-state index in [1.165, 1.54) is 12.0 Å². The molecule has 150 valence electrons. The van der Waals surface area contributed by atoms with E-state index >= 15 is 0 Å². The molecule has 6 heteroatoms. The average molecular weight is 409 g/mol. The van der Waals surface area contributed by atoms with Crippen LogP contribution in [0.3, 0.4) is 0 Å². The van der Waals surface area contributed by atoms with Crippen LogP contribution < -0.4 is 5.73 Å². The van der Waals surface area contributed by atoms with Crippen LogP contribution in [-0.4, -0.2) is 34.3 Å². The summed E-state index contributed by atoms with van der Waals surface area (Å²) in [5.74, 6) is 1.42. The maximum Gasteiger partial charge on any atom is 0.156 e. The van der Waals surface area contributed by atoms with Crippen molar-refractivity contribution in [2.45, 2.75) is 13.0 Å². The molecule has 2 aromatic carbocycles. The van der Waals surface area contributed by atoms with Crippen molar-refractivity contribution < 1.29 is 4.42 Å². The van der Waals surface area contributed by atoms with E-state index in [1.54, 1.807) is 0 Å². The van der Waals surface area contributed by atoms with Gasteiger partial charge in [-0.3, -0.25) is 4.90 Å². The summed E-state index contributed by atoms with van der Waals surface area (Å²) in [5, 5.41) is 6.00. The van der Waals surface area contributed by atoms with E-state index in [1.807, 2.05) is 41.1 Å². The van der Waals surface area contributed by atoms with Gasteiger partial charge in [0.25, 0.3) is 0 Å². The first-order chi connectivity index (χ1) is 13.8. The molecule has 0 aliphatic carbocycles. The van der Waals surface area contributed by atoms with Crippen molar-refractivity contribution in [1.29, 1.82) is 0 Å². The molecule has 1 atom stereocenters. The first-order valence-corrected chi connectivity index (χ1v) is 9.85. The van der Waals surface area contributed by atoms with Gasteiger partial charge in [0.05, 0.1) is 5.69 Å². The van der Waals surface area contributed by atoms with E-state index in [4.69, 9.17) is 15.2 Å². The van der Waals surface area contributed by atoms with Gasteiger partial charge in [0.2, 0.25) is 0 Å². The Morgan fingerprint density at radius 1 is 1.07 bits per heavy atom. The zero-order chi connectivity index (χ0) is 18.9. The number of hydrogen-bond acceptors (Lipinski definition) is 4. The summed E-state index contributed by atoms with van der Waals surface area (Å²) in [5.41, 5.74) is 9.91. The Hall–Kier alpha value is -2.60. The maximum absolute atomic E-state index is 6.14. The molecule has 2 aromatic heterocycles. The second-order valence-corrected chi connectivity index (χ2v) is 7.56. The first-order valence-electron chi connectivity index (χ1n) is 9.85. The van der Waals surface area contributed by atoms with Gasteiger partial charge in [-0.1, -0.05) is 36.4 Å². The van der Waals surface area contributed by atoms with Crippen LogP contribution in [0.1, 0.15) is 12.0 Å². The Bertz CT molecular complexity index is 1060.